The molecule has 1 fully saturated rings. The van der Waals surface area contributed by atoms with Crippen molar-refractivity contribution in [3.05, 3.63) is 23.9 Å². The molecule has 0 aromatic carbocycles. The summed E-state index contributed by atoms with van der Waals surface area (Å²) in [7, 11) is 2.15. The third-order valence-corrected chi connectivity index (χ3v) is 3.46. The van der Waals surface area contributed by atoms with Crippen LogP contribution >= 0.6 is 0 Å². The van der Waals surface area contributed by atoms with E-state index in [9.17, 15) is 4.79 Å². The average Bonchev–Trinajstić information content (AvgIpc) is 2.41. The standard InChI is InChI=1S/C16H26N4O2/c1-16(2,3)22-15(21)18-14-6-5-13(11-17-14)12-20-9-7-19(4)8-10-20/h5-6,11H,7-10,12H2,1-4H3,(H,17,18,21). The van der Waals surface area contributed by atoms with E-state index in [1.807, 2.05) is 39.1 Å². The number of nitrogens with zero attached hydrogens (tertiary/aromatic N) is 3. The largest absolute Gasteiger partial charge is 0.444 e. The monoisotopic (exact) mass is 306 g/mol. The third-order valence-electron chi connectivity index (χ3n) is 3.46. The van der Waals surface area contributed by atoms with Gasteiger partial charge in [-0.25, -0.2) is 9.78 Å². The third kappa shape index (κ3) is 5.61. The van der Waals surface area contributed by atoms with Crippen molar-refractivity contribution in [2.45, 2.75) is 32.9 Å². The minimum atomic E-state index is -0.508. The molecule has 2 heterocycles. The minimum absolute atomic E-state index is 0.480. The molecule has 1 aromatic heterocycles. The Labute approximate surface area is 132 Å². The highest BCUT2D eigenvalue weighted by Crippen LogP contribution is 2.12. The highest BCUT2D eigenvalue weighted by molar-refractivity contribution is 5.83. The Morgan fingerprint density at radius 3 is 2.50 bits per heavy atom. The van der Waals surface area contributed by atoms with Crippen LogP contribution in [0.3, 0.4) is 0 Å². The Hall–Kier alpha value is -1.66. The Morgan fingerprint density at radius 1 is 1.27 bits per heavy atom. The van der Waals surface area contributed by atoms with Crippen molar-refractivity contribution in [2.75, 3.05) is 38.5 Å². The molecule has 2 rings (SSSR count). The fourth-order valence-electron chi connectivity index (χ4n) is 2.26. The predicted octanol–water partition coefficient (Wildman–Crippen LogP) is 2.18. The van der Waals surface area contributed by atoms with Crippen LogP contribution in [-0.4, -0.2) is 59.7 Å². The van der Waals surface area contributed by atoms with Gasteiger partial charge in [-0.05, 0) is 39.4 Å². The number of rotatable bonds is 3. The Morgan fingerprint density at radius 2 is 1.95 bits per heavy atom. The van der Waals surface area contributed by atoms with E-state index in [2.05, 4.69) is 27.1 Å². The molecule has 1 aliphatic heterocycles. The Kier molecular flexibility index (Phi) is 5.37. The maximum atomic E-state index is 11.7. The first kappa shape index (κ1) is 16.7. The normalized spacial score (nSPS) is 17.3. The van der Waals surface area contributed by atoms with E-state index in [0.29, 0.717) is 5.82 Å². The highest BCUT2D eigenvalue weighted by atomic mass is 16.6. The molecule has 1 N–H and O–H groups in total. The van der Waals surface area contributed by atoms with Gasteiger partial charge >= 0.3 is 6.09 Å². The summed E-state index contributed by atoms with van der Waals surface area (Å²) in [5, 5.41) is 2.64. The molecule has 6 heteroatoms. The zero-order valence-corrected chi connectivity index (χ0v) is 13.9. The van der Waals surface area contributed by atoms with E-state index in [-0.39, 0.29) is 0 Å². The molecule has 0 spiro atoms. The van der Waals surface area contributed by atoms with E-state index in [4.69, 9.17) is 4.74 Å². The average molecular weight is 306 g/mol. The molecule has 1 aliphatic rings. The molecule has 122 valence electrons. The lowest BCUT2D eigenvalue weighted by Crippen LogP contribution is -2.43. The number of amides is 1. The van der Waals surface area contributed by atoms with Crippen molar-refractivity contribution in [3.63, 3.8) is 0 Å². The number of carbonyl (C=O) groups is 1. The zero-order valence-electron chi connectivity index (χ0n) is 13.9. The maximum absolute atomic E-state index is 11.7. The summed E-state index contributed by atoms with van der Waals surface area (Å²) in [5.41, 5.74) is 0.644. The Balaban J connectivity index is 1.84. The number of hydrogen-bond donors (Lipinski definition) is 1. The van der Waals surface area contributed by atoms with Gasteiger partial charge in [0.15, 0.2) is 0 Å². The molecule has 6 nitrogen and oxygen atoms in total. The molecule has 1 amide bonds. The smallest absolute Gasteiger partial charge is 0.413 e. The van der Waals surface area contributed by atoms with Crippen LogP contribution in [0.25, 0.3) is 0 Å². The van der Waals surface area contributed by atoms with Gasteiger partial charge in [0, 0.05) is 38.9 Å². The van der Waals surface area contributed by atoms with Gasteiger partial charge in [-0.1, -0.05) is 6.07 Å². The summed E-state index contributed by atoms with van der Waals surface area (Å²) in [4.78, 5) is 20.7. The van der Waals surface area contributed by atoms with Gasteiger partial charge in [0.25, 0.3) is 0 Å². The number of aromatic nitrogens is 1. The van der Waals surface area contributed by atoms with Crippen molar-refractivity contribution in [1.29, 1.82) is 0 Å². The second-order valence-electron chi connectivity index (χ2n) is 6.76. The van der Waals surface area contributed by atoms with Crippen LogP contribution < -0.4 is 5.32 Å². The minimum Gasteiger partial charge on any atom is -0.444 e. The predicted molar refractivity (Wildman–Crippen MR) is 86.9 cm³/mol. The molecule has 22 heavy (non-hydrogen) atoms. The maximum Gasteiger partial charge on any atom is 0.413 e. The van der Waals surface area contributed by atoms with E-state index in [1.54, 1.807) is 0 Å². The molecule has 1 aromatic rings. The summed E-state index contributed by atoms with van der Waals surface area (Å²) in [6, 6.07) is 3.81. The van der Waals surface area contributed by atoms with Crippen molar-refractivity contribution in [1.82, 2.24) is 14.8 Å². The molecule has 0 atom stereocenters. The summed E-state index contributed by atoms with van der Waals surface area (Å²) in [5.74, 6) is 0.511. The molecular formula is C16H26N4O2. The van der Waals surface area contributed by atoms with Crippen molar-refractivity contribution in [3.8, 4) is 0 Å². The molecule has 0 bridgehead atoms. The van der Waals surface area contributed by atoms with E-state index in [1.165, 1.54) is 0 Å². The number of pyridine rings is 1. The van der Waals surface area contributed by atoms with E-state index >= 15 is 0 Å². The number of likely N-dealkylation sites (N-methyl/N-ethyl adjacent to an activating group) is 1. The fraction of sp³-hybridized carbons (Fsp3) is 0.625. The number of hydrogen-bond acceptors (Lipinski definition) is 5. The number of ether oxygens (including phenoxy) is 1. The van der Waals surface area contributed by atoms with E-state index in [0.717, 1.165) is 38.3 Å². The fourth-order valence-corrected chi connectivity index (χ4v) is 2.26. The van der Waals surface area contributed by atoms with Gasteiger partial charge in [-0.3, -0.25) is 10.2 Å². The van der Waals surface area contributed by atoms with Crippen molar-refractivity contribution in [2.24, 2.45) is 0 Å². The second-order valence-corrected chi connectivity index (χ2v) is 6.76. The van der Waals surface area contributed by atoms with Crippen LogP contribution in [0, 0.1) is 0 Å². The lowest BCUT2D eigenvalue weighted by atomic mass is 10.2. The first-order valence-electron chi connectivity index (χ1n) is 7.68. The van der Waals surface area contributed by atoms with Gasteiger partial charge in [0.05, 0.1) is 0 Å². The van der Waals surface area contributed by atoms with Crippen LogP contribution in [0.15, 0.2) is 18.3 Å². The van der Waals surface area contributed by atoms with Gasteiger partial charge < -0.3 is 9.64 Å². The van der Waals surface area contributed by atoms with Crippen molar-refractivity contribution >= 4 is 11.9 Å². The topological polar surface area (TPSA) is 57.7 Å². The summed E-state index contributed by atoms with van der Waals surface area (Å²) in [6.45, 7) is 10.8. The molecule has 0 aliphatic carbocycles. The Bertz CT molecular complexity index is 488. The first-order valence-corrected chi connectivity index (χ1v) is 7.68. The SMILES string of the molecule is CN1CCN(Cc2ccc(NC(=O)OC(C)(C)C)nc2)CC1. The zero-order chi connectivity index (χ0) is 16.2. The first-order chi connectivity index (χ1) is 10.3. The van der Waals surface area contributed by atoms with Gasteiger partial charge in [-0.15, -0.1) is 0 Å². The second kappa shape index (κ2) is 7.07. The molecule has 0 radical (unpaired) electrons. The summed E-state index contributed by atoms with van der Waals surface area (Å²) >= 11 is 0. The number of carbonyl (C=O) groups excluding carboxylic acids is 1. The van der Waals surface area contributed by atoms with Crippen LogP contribution in [-0.2, 0) is 11.3 Å². The summed E-state index contributed by atoms with van der Waals surface area (Å²) < 4.78 is 5.20. The van der Waals surface area contributed by atoms with Crippen LogP contribution in [0.1, 0.15) is 26.3 Å². The van der Waals surface area contributed by atoms with Crippen LogP contribution in [0.2, 0.25) is 0 Å². The number of nitrogens with one attached hydrogen (secondary N) is 1. The van der Waals surface area contributed by atoms with Crippen molar-refractivity contribution < 1.29 is 9.53 Å². The van der Waals surface area contributed by atoms with Gasteiger partial charge in [-0.2, -0.15) is 0 Å². The number of anilines is 1. The molecule has 0 saturated carbocycles. The molecule has 1 saturated heterocycles. The van der Waals surface area contributed by atoms with Crippen LogP contribution in [0.5, 0.6) is 0 Å². The molecular weight excluding hydrogens is 280 g/mol. The lowest BCUT2D eigenvalue weighted by molar-refractivity contribution is 0.0635. The van der Waals surface area contributed by atoms with Gasteiger partial charge in [0.2, 0.25) is 0 Å². The van der Waals surface area contributed by atoms with E-state index < -0.39 is 11.7 Å². The summed E-state index contributed by atoms with van der Waals surface area (Å²) in [6.07, 6.45) is 1.33. The number of piperazine rings is 1. The highest BCUT2D eigenvalue weighted by Gasteiger charge is 2.17. The van der Waals surface area contributed by atoms with Crippen LogP contribution in [0.4, 0.5) is 10.6 Å². The quantitative estimate of drug-likeness (QED) is 0.927. The lowest BCUT2D eigenvalue weighted by Gasteiger charge is -2.32. The van der Waals surface area contributed by atoms with Gasteiger partial charge in [0.1, 0.15) is 11.4 Å². The molecule has 0 unspecified atom stereocenters.